The van der Waals surface area contributed by atoms with Crippen LogP contribution in [0.1, 0.15) is 23.1 Å². The highest BCUT2D eigenvalue weighted by molar-refractivity contribution is 7.89. The molecule has 2 aromatic rings. The quantitative estimate of drug-likeness (QED) is 0.737. The lowest BCUT2D eigenvalue weighted by molar-refractivity contribution is -0.139. The average molecular weight is 429 g/mol. The molecule has 1 atom stereocenters. The number of hydrogen-bond donors (Lipinski definition) is 2. The minimum atomic E-state index is -4.53. The van der Waals surface area contributed by atoms with Gasteiger partial charge in [0.2, 0.25) is 10.0 Å². The lowest BCUT2D eigenvalue weighted by atomic mass is 9.89. The molecule has 3 rings (SSSR count). The van der Waals surface area contributed by atoms with Crippen molar-refractivity contribution in [1.82, 2.24) is 4.72 Å². The Hall–Kier alpha value is -2.59. The maximum atomic E-state index is 12.6. The summed E-state index contributed by atoms with van der Waals surface area (Å²) in [6, 6.07) is 8.06. The van der Waals surface area contributed by atoms with Crippen molar-refractivity contribution >= 4 is 16.0 Å². The van der Waals surface area contributed by atoms with E-state index in [1.807, 2.05) is 0 Å². The summed E-state index contributed by atoms with van der Waals surface area (Å²) in [5, 5.41) is 8.66. The van der Waals surface area contributed by atoms with Crippen LogP contribution in [0.4, 0.5) is 13.2 Å². The van der Waals surface area contributed by atoms with E-state index in [1.165, 1.54) is 0 Å². The van der Waals surface area contributed by atoms with Crippen molar-refractivity contribution in [1.29, 1.82) is 0 Å². The van der Waals surface area contributed by atoms with Crippen LogP contribution in [-0.4, -0.2) is 32.1 Å². The highest BCUT2D eigenvalue weighted by Gasteiger charge is 2.31. The maximum absolute atomic E-state index is 12.6. The third-order valence-electron chi connectivity index (χ3n) is 4.58. The Morgan fingerprint density at radius 2 is 1.83 bits per heavy atom. The number of benzene rings is 2. The number of aryl methyl sites for hydroxylation is 1. The van der Waals surface area contributed by atoms with Gasteiger partial charge >= 0.3 is 12.1 Å². The van der Waals surface area contributed by atoms with Crippen LogP contribution in [0.2, 0.25) is 0 Å². The molecule has 0 bridgehead atoms. The fraction of sp³-hybridized carbons (Fsp3) is 0.316. The first kappa shape index (κ1) is 21.1. The Morgan fingerprint density at radius 1 is 1.14 bits per heavy atom. The van der Waals surface area contributed by atoms with E-state index < -0.39 is 40.4 Å². The molecule has 0 aliphatic heterocycles. The molecule has 0 spiro atoms. The minimum absolute atomic E-state index is 0.228. The molecule has 1 aliphatic rings. The van der Waals surface area contributed by atoms with Gasteiger partial charge in [0.05, 0.1) is 10.5 Å². The van der Waals surface area contributed by atoms with Gasteiger partial charge in [-0.2, -0.15) is 13.2 Å². The summed E-state index contributed by atoms with van der Waals surface area (Å²) in [7, 11) is -3.96. The highest BCUT2D eigenvalue weighted by atomic mass is 32.2. The molecule has 0 saturated heterocycles. The number of aliphatic carboxylic acids is 1. The molecule has 29 heavy (non-hydrogen) atoms. The molecule has 1 aliphatic carbocycles. The van der Waals surface area contributed by atoms with Crippen LogP contribution < -0.4 is 9.46 Å². The van der Waals surface area contributed by atoms with Gasteiger partial charge in [-0.1, -0.05) is 6.07 Å². The number of ether oxygens (including phenoxy) is 1. The normalized spacial score (nSPS) is 16.9. The molecule has 0 radical (unpaired) electrons. The van der Waals surface area contributed by atoms with Crippen molar-refractivity contribution in [2.24, 2.45) is 0 Å². The number of nitrogens with one attached hydrogen (secondary N) is 1. The predicted octanol–water partition coefficient (Wildman–Crippen LogP) is 3.00. The van der Waals surface area contributed by atoms with E-state index in [1.54, 1.807) is 18.2 Å². The number of alkyl halides is 3. The Labute approximate surface area is 165 Å². The van der Waals surface area contributed by atoms with Crippen molar-refractivity contribution in [3.05, 3.63) is 59.2 Å². The van der Waals surface area contributed by atoms with Crippen molar-refractivity contribution in [2.45, 2.75) is 36.4 Å². The summed E-state index contributed by atoms with van der Waals surface area (Å²) >= 11 is 0. The van der Waals surface area contributed by atoms with Crippen LogP contribution in [0, 0.1) is 0 Å². The van der Waals surface area contributed by atoms with Crippen molar-refractivity contribution in [2.75, 3.05) is 6.61 Å². The van der Waals surface area contributed by atoms with Crippen molar-refractivity contribution in [3.8, 4) is 5.75 Å². The number of carboxylic acids is 1. The number of carbonyl (C=O) groups is 1. The molecule has 2 N–H and O–H groups in total. The minimum Gasteiger partial charge on any atom is -0.482 e. The number of rotatable bonds is 6. The molecule has 0 amide bonds. The van der Waals surface area contributed by atoms with E-state index >= 15 is 0 Å². The Morgan fingerprint density at radius 3 is 2.45 bits per heavy atom. The standard InChI is InChI=1S/C19H18F3NO5S/c20-19(21,22)14-3-7-17(8-4-14)29(26,27)23-15-5-1-13-10-16(28-11-18(24)25)6-2-12(13)9-15/h2-4,6-8,10,15,23H,1,5,9,11H2,(H,24,25). The molecule has 0 aromatic heterocycles. The van der Waals surface area contributed by atoms with Gasteiger partial charge in [0.1, 0.15) is 5.75 Å². The zero-order valence-electron chi connectivity index (χ0n) is 15.1. The topological polar surface area (TPSA) is 92.7 Å². The number of hydrogen-bond acceptors (Lipinski definition) is 4. The zero-order chi connectivity index (χ0) is 21.2. The molecule has 0 saturated carbocycles. The third-order valence-corrected chi connectivity index (χ3v) is 6.12. The zero-order valence-corrected chi connectivity index (χ0v) is 15.9. The lowest BCUT2D eigenvalue weighted by Crippen LogP contribution is -2.38. The Balaban J connectivity index is 1.68. The summed E-state index contributed by atoms with van der Waals surface area (Å²) in [5.74, 6) is -0.657. The SMILES string of the molecule is O=C(O)COc1ccc2c(c1)CCC(NS(=O)(=O)c1ccc(C(F)(F)F)cc1)C2. The predicted molar refractivity (Wildman–Crippen MR) is 97.2 cm³/mol. The maximum Gasteiger partial charge on any atom is 0.416 e. The molecule has 6 nitrogen and oxygen atoms in total. The van der Waals surface area contributed by atoms with Crippen LogP contribution in [-0.2, 0) is 33.8 Å². The van der Waals surface area contributed by atoms with E-state index in [0.29, 0.717) is 25.0 Å². The summed E-state index contributed by atoms with van der Waals surface area (Å²) in [6.07, 6.45) is -3.07. The van der Waals surface area contributed by atoms with E-state index in [4.69, 9.17) is 9.84 Å². The average Bonchev–Trinajstić information content (AvgIpc) is 2.65. The second-order valence-corrected chi connectivity index (χ2v) is 8.41. The first-order valence-corrected chi connectivity index (χ1v) is 10.2. The molecule has 1 unspecified atom stereocenters. The summed E-state index contributed by atoms with van der Waals surface area (Å²) < 4.78 is 70.6. The summed E-state index contributed by atoms with van der Waals surface area (Å²) in [4.78, 5) is 10.3. The van der Waals surface area contributed by atoms with Gasteiger partial charge in [0.15, 0.2) is 6.61 Å². The van der Waals surface area contributed by atoms with Crippen LogP contribution in [0.5, 0.6) is 5.75 Å². The summed E-state index contributed by atoms with van der Waals surface area (Å²) in [5.41, 5.74) is 0.931. The fourth-order valence-electron chi connectivity index (χ4n) is 3.18. The van der Waals surface area contributed by atoms with Gasteiger partial charge < -0.3 is 9.84 Å². The molecular formula is C19H18F3NO5S. The van der Waals surface area contributed by atoms with E-state index in [2.05, 4.69) is 4.72 Å². The van der Waals surface area contributed by atoms with Crippen molar-refractivity contribution in [3.63, 3.8) is 0 Å². The van der Waals surface area contributed by atoms with Gasteiger partial charge in [-0.3, -0.25) is 0 Å². The molecule has 10 heteroatoms. The van der Waals surface area contributed by atoms with Crippen LogP contribution in [0.15, 0.2) is 47.4 Å². The first-order chi connectivity index (χ1) is 13.5. The van der Waals surface area contributed by atoms with Gasteiger partial charge in [-0.25, -0.2) is 17.9 Å². The molecular weight excluding hydrogens is 411 g/mol. The monoisotopic (exact) mass is 429 g/mol. The summed E-state index contributed by atoms with van der Waals surface area (Å²) in [6.45, 7) is -0.450. The number of halogens is 3. The number of fused-ring (bicyclic) bond motifs is 1. The molecule has 2 aromatic carbocycles. The highest BCUT2D eigenvalue weighted by Crippen LogP contribution is 2.30. The van der Waals surface area contributed by atoms with Crippen molar-refractivity contribution < 1.29 is 36.2 Å². The second-order valence-electron chi connectivity index (χ2n) is 6.70. The van der Waals surface area contributed by atoms with Crippen LogP contribution in [0.3, 0.4) is 0 Å². The largest absolute Gasteiger partial charge is 0.482 e. The Bertz CT molecular complexity index is 1000. The number of carboxylic acid groups (broad SMARTS) is 1. The van der Waals surface area contributed by atoms with Gasteiger partial charge in [0, 0.05) is 6.04 Å². The van der Waals surface area contributed by atoms with Gasteiger partial charge in [-0.15, -0.1) is 0 Å². The van der Waals surface area contributed by atoms with Gasteiger partial charge in [0.25, 0.3) is 0 Å². The lowest BCUT2D eigenvalue weighted by Gasteiger charge is -2.26. The van der Waals surface area contributed by atoms with Gasteiger partial charge in [-0.05, 0) is 66.8 Å². The van der Waals surface area contributed by atoms with E-state index in [0.717, 1.165) is 35.4 Å². The second kappa shape index (κ2) is 8.03. The third kappa shape index (κ3) is 5.27. The van der Waals surface area contributed by atoms with E-state index in [-0.39, 0.29) is 4.90 Å². The smallest absolute Gasteiger partial charge is 0.416 e. The molecule has 0 fully saturated rings. The van der Waals surface area contributed by atoms with Crippen LogP contribution in [0.25, 0.3) is 0 Å². The number of sulfonamides is 1. The Kier molecular flexibility index (Phi) is 5.85. The molecule has 0 heterocycles. The van der Waals surface area contributed by atoms with E-state index in [9.17, 15) is 26.4 Å². The molecule has 156 valence electrons. The first-order valence-electron chi connectivity index (χ1n) is 8.70. The fourth-order valence-corrected chi connectivity index (χ4v) is 4.45. The van der Waals surface area contributed by atoms with Crippen LogP contribution >= 0.6 is 0 Å².